The minimum absolute atomic E-state index is 0.284. The number of nitrogens with two attached hydrogens (primary N) is 1. The summed E-state index contributed by atoms with van der Waals surface area (Å²) in [5.74, 6) is 0.964. The lowest BCUT2D eigenvalue weighted by Gasteiger charge is -2.34. The Bertz CT molecular complexity index is 890. The summed E-state index contributed by atoms with van der Waals surface area (Å²) in [4.78, 5) is 13.4. The summed E-state index contributed by atoms with van der Waals surface area (Å²) in [6, 6.07) is 6.99. The quantitative estimate of drug-likeness (QED) is 0.596. The fourth-order valence-electron chi connectivity index (χ4n) is 4.09. The molecule has 0 radical (unpaired) electrons. The molecule has 1 aromatic carbocycles. The normalized spacial score (nSPS) is 18.5. The van der Waals surface area contributed by atoms with Gasteiger partial charge in [0.1, 0.15) is 11.9 Å². The van der Waals surface area contributed by atoms with Gasteiger partial charge >= 0.3 is 6.01 Å². The predicted octanol–water partition coefficient (Wildman–Crippen LogP) is 2.37. The molecule has 0 saturated heterocycles. The number of aliphatic hydroxyl groups is 1. The van der Waals surface area contributed by atoms with Crippen LogP contribution in [0, 0.1) is 0 Å². The van der Waals surface area contributed by atoms with E-state index in [0.717, 1.165) is 38.9 Å². The van der Waals surface area contributed by atoms with Gasteiger partial charge in [-0.2, -0.15) is 9.97 Å². The maximum absolute atomic E-state index is 10.3. The third-order valence-electron chi connectivity index (χ3n) is 5.81. The number of hydrogen-bond acceptors (Lipinski definition) is 8. The summed E-state index contributed by atoms with van der Waals surface area (Å²) in [6.07, 6.45) is 2.34. The summed E-state index contributed by atoms with van der Waals surface area (Å²) >= 11 is 0. The van der Waals surface area contributed by atoms with Gasteiger partial charge < -0.3 is 25.8 Å². The van der Waals surface area contributed by atoms with Crippen LogP contribution < -0.4 is 20.7 Å². The molecule has 2 aromatic rings. The highest BCUT2D eigenvalue weighted by molar-refractivity contribution is 5.78. The van der Waals surface area contributed by atoms with Crippen LogP contribution in [0.25, 0.3) is 0 Å². The third kappa shape index (κ3) is 4.44. The predicted molar refractivity (Wildman–Crippen MR) is 119 cm³/mol. The van der Waals surface area contributed by atoms with Gasteiger partial charge in [0.25, 0.3) is 0 Å². The van der Waals surface area contributed by atoms with Crippen LogP contribution in [0.3, 0.4) is 0 Å². The molecule has 4 rings (SSSR count). The molecule has 0 saturated carbocycles. The lowest BCUT2D eigenvalue weighted by Crippen LogP contribution is -2.42. The van der Waals surface area contributed by atoms with E-state index in [9.17, 15) is 5.11 Å². The number of rotatable bonds is 7. The summed E-state index contributed by atoms with van der Waals surface area (Å²) in [5.41, 5.74) is 10.7. The van der Waals surface area contributed by atoms with Crippen LogP contribution in [0.4, 0.5) is 17.3 Å². The maximum Gasteiger partial charge on any atom is 0.320 e. The number of unbranched alkanes of at least 4 members (excludes halogenated alkanes) is 1. The number of nitrogens with zero attached hydrogens (tertiary/aromatic N) is 4. The van der Waals surface area contributed by atoms with Gasteiger partial charge in [-0.15, -0.1) is 0 Å². The highest BCUT2D eigenvalue weighted by Crippen LogP contribution is 2.35. The molecule has 0 fully saturated rings. The molecule has 162 valence electrons. The van der Waals surface area contributed by atoms with E-state index in [-0.39, 0.29) is 6.01 Å². The van der Waals surface area contributed by atoms with Crippen LogP contribution in [0.15, 0.2) is 18.2 Å². The number of ether oxygens (including phenoxy) is 1. The van der Waals surface area contributed by atoms with Gasteiger partial charge in [0.15, 0.2) is 11.6 Å². The molecule has 8 nitrogen and oxygen atoms in total. The average Bonchev–Trinajstić information content (AvgIpc) is 2.74. The van der Waals surface area contributed by atoms with Crippen LogP contribution in [-0.2, 0) is 19.5 Å². The zero-order chi connectivity index (χ0) is 21.1. The molecule has 2 aliphatic rings. The Labute approximate surface area is 178 Å². The zero-order valence-corrected chi connectivity index (χ0v) is 17.9. The minimum atomic E-state index is -0.733. The minimum Gasteiger partial charge on any atom is -0.463 e. The van der Waals surface area contributed by atoms with Crippen molar-refractivity contribution < 1.29 is 9.84 Å². The maximum atomic E-state index is 10.3. The van der Waals surface area contributed by atoms with Crippen LogP contribution in [0.1, 0.15) is 43.4 Å². The van der Waals surface area contributed by atoms with E-state index in [1.807, 2.05) is 4.90 Å². The zero-order valence-electron chi connectivity index (χ0n) is 17.9. The molecule has 0 amide bonds. The van der Waals surface area contributed by atoms with Crippen LogP contribution >= 0.6 is 0 Å². The number of nitrogens with one attached hydrogen (secondary N) is 1. The number of anilines is 3. The third-order valence-corrected chi connectivity index (χ3v) is 5.81. The smallest absolute Gasteiger partial charge is 0.320 e. The number of β-amino-alcohol motifs (C(OH)–C–C–N with tert-alkyl or cyclic N) is 1. The first-order chi connectivity index (χ1) is 14.6. The van der Waals surface area contributed by atoms with Gasteiger partial charge in [-0.1, -0.05) is 38.5 Å². The van der Waals surface area contributed by atoms with Gasteiger partial charge in [0.05, 0.1) is 13.2 Å². The lowest BCUT2D eigenvalue weighted by atomic mass is 9.97. The van der Waals surface area contributed by atoms with E-state index >= 15 is 0 Å². The Morgan fingerprint density at radius 1 is 1.27 bits per heavy atom. The van der Waals surface area contributed by atoms with Gasteiger partial charge in [-0.05, 0) is 36.1 Å². The molecule has 0 aliphatic carbocycles. The molecule has 1 atom stereocenters. The summed E-state index contributed by atoms with van der Waals surface area (Å²) in [6.45, 7) is 9.10. The van der Waals surface area contributed by atoms with E-state index in [4.69, 9.17) is 10.5 Å². The number of fused-ring (bicyclic) bond motifs is 2. The lowest BCUT2D eigenvalue weighted by molar-refractivity contribution is 0.203. The molecule has 30 heavy (non-hydrogen) atoms. The number of hydrogen-bond donors (Lipinski definition) is 3. The van der Waals surface area contributed by atoms with Crippen LogP contribution in [0.2, 0.25) is 0 Å². The van der Waals surface area contributed by atoms with Gasteiger partial charge in [-0.3, -0.25) is 4.90 Å². The molecule has 0 bridgehead atoms. The molecule has 0 spiro atoms. The van der Waals surface area contributed by atoms with Gasteiger partial charge in [0, 0.05) is 19.6 Å². The van der Waals surface area contributed by atoms with E-state index in [1.165, 1.54) is 16.7 Å². The Kier molecular flexibility index (Phi) is 6.24. The van der Waals surface area contributed by atoms with E-state index in [2.05, 4.69) is 52.2 Å². The first-order valence-corrected chi connectivity index (χ1v) is 10.9. The van der Waals surface area contributed by atoms with E-state index in [0.29, 0.717) is 37.0 Å². The van der Waals surface area contributed by atoms with Crippen molar-refractivity contribution in [2.45, 2.75) is 52.4 Å². The van der Waals surface area contributed by atoms with Crippen molar-refractivity contribution in [3.8, 4) is 6.01 Å². The molecular weight excluding hydrogens is 380 g/mol. The second-order valence-electron chi connectivity index (χ2n) is 8.05. The molecule has 4 N–H and O–H groups in total. The molecule has 1 aromatic heterocycles. The Hall–Kier alpha value is -2.58. The first kappa shape index (κ1) is 20.7. The first-order valence-electron chi connectivity index (χ1n) is 10.9. The monoisotopic (exact) mass is 412 g/mol. The van der Waals surface area contributed by atoms with Crippen molar-refractivity contribution in [3.05, 3.63) is 34.9 Å². The largest absolute Gasteiger partial charge is 0.463 e. The summed E-state index contributed by atoms with van der Waals surface area (Å²) in [7, 11) is 0. The Balaban J connectivity index is 1.58. The SMILES string of the molecule is CCCCOc1nc(N)c2c(n1)N(Cc1ccc3c(c1)CN(CC)CC3)CC(O)N2. The second-order valence-corrected chi connectivity index (χ2v) is 8.05. The highest BCUT2D eigenvalue weighted by atomic mass is 16.5. The number of benzene rings is 1. The van der Waals surface area contributed by atoms with Crippen LogP contribution in [0.5, 0.6) is 6.01 Å². The van der Waals surface area contributed by atoms with Crippen molar-refractivity contribution in [3.63, 3.8) is 0 Å². The topological polar surface area (TPSA) is 99.8 Å². The molecule has 8 heteroatoms. The van der Waals surface area contributed by atoms with Crippen LogP contribution in [-0.4, -0.2) is 52.4 Å². The van der Waals surface area contributed by atoms with Crippen molar-refractivity contribution in [1.29, 1.82) is 0 Å². The number of aromatic nitrogens is 2. The molecule has 1 unspecified atom stereocenters. The number of nitrogen functional groups attached to an aromatic ring is 1. The second kappa shape index (κ2) is 9.06. The van der Waals surface area contributed by atoms with E-state index in [1.54, 1.807) is 0 Å². The molecule has 3 heterocycles. The van der Waals surface area contributed by atoms with Crippen molar-refractivity contribution in [2.24, 2.45) is 0 Å². The van der Waals surface area contributed by atoms with Crippen molar-refractivity contribution in [1.82, 2.24) is 14.9 Å². The Morgan fingerprint density at radius 2 is 2.13 bits per heavy atom. The number of aliphatic hydroxyl groups excluding tert-OH is 1. The number of likely N-dealkylation sites (N-methyl/N-ethyl adjacent to an activating group) is 1. The Morgan fingerprint density at radius 3 is 2.93 bits per heavy atom. The van der Waals surface area contributed by atoms with Gasteiger partial charge in [0.2, 0.25) is 0 Å². The standard InChI is InChI=1S/C22H32N6O2/c1-3-5-10-30-22-25-20(23)19-21(26-22)28(14-18(29)24-19)12-15-6-7-16-8-9-27(4-2)13-17(16)11-15/h6-7,11,18,24,29H,3-5,8-10,12-14H2,1-2H3,(H2,23,25,26). The van der Waals surface area contributed by atoms with Crippen molar-refractivity contribution in [2.75, 3.05) is 42.2 Å². The molecule has 2 aliphatic heterocycles. The molecular formula is C22H32N6O2. The summed E-state index contributed by atoms with van der Waals surface area (Å²) < 4.78 is 5.69. The highest BCUT2D eigenvalue weighted by Gasteiger charge is 2.28. The van der Waals surface area contributed by atoms with Crippen molar-refractivity contribution >= 4 is 17.3 Å². The fourth-order valence-corrected chi connectivity index (χ4v) is 4.09. The average molecular weight is 413 g/mol. The summed E-state index contributed by atoms with van der Waals surface area (Å²) in [5, 5.41) is 13.3. The van der Waals surface area contributed by atoms with E-state index < -0.39 is 6.23 Å². The fraction of sp³-hybridized carbons (Fsp3) is 0.545. The van der Waals surface area contributed by atoms with Gasteiger partial charge in [-0.25, -0.2) is 0 Å².